The van der Waals surface area contributed by atoms with Gasteiger partial charge in [0.2, 0.25) is 5.91 Å². The van der Waals surface area contributed by atoms with Gasteiger partial charge in [-0.15, -0.1) is 0 Å². The molecule has 1 atom stereocenters. The van der Waals surface area contributed by atoms with Crippen molar-refractivity contribution < 1.29 is 14.0 Å². The number of para-hydroxylation sites is 1. The van der Waals surface area contributed by atoms with Gasteiger partial charge in [0, 0.05) is 36.6 Å². The second-order valence-corrected chi connectivity index (χ2v) is 6.50. The number of halogens is 1. The van der Waals surface area contributed by atoms with E-state index in [1.807, 2.05) is 41.9 Å². The Morgan fingerprint density at radius 2 is 1.88 bits per heavy atom. The molecule has 26 heavy (non-hydrogen) atoms. The molecule has 1 aliphatic heterocycles. The summed E-state index contributed by atoms with van der Waals surface area (Å²) in [5.74, 6) is -0.637. The zero-order valence-corrected chi connectivity index (χ0v) is 14.3. The normalized spacial score (nSPS) is 17.1. The first-order valence-corrected chi connectivity index (χ1v) is 8.44. The first-order valence-electron chi connectivity index (χ1n) is 8.44. The SMILES string of the molecule is Cn1c(C(=O)NC2CC(=O)N(c3ccc(F)cc3)C2)cc2ccccc21. The smallest absolute Gasteiger partial charge is 0.268 e. The quantitative estimate of drug-likeness (QED) is 0.789. The van der Waals surface area contributed by atoms with Crippen LogP contribution in [0.4, 0.5) is 10.1 Å². The molecule has 2 amide bonds. The fourth-order valence-corrected chi connectivity index (χ4v) is 3.44. The van der Waals surface area contributed by atoms with Crippen LogP contribution in [0.3, 0.4) is 0 Å². The molecule has 3 aromatic rings. The van der Waals surface area contributed by atoms with Crippen LogP contribution in [-0.2, 0) is 11.8 Å². The Bertz CT molecular complexity index is 994. The molecule has 2 aromatic carbocycles. The van der Waals surface area contributed by atoms with E-state index in [0.717, 1.165) is 10.9 Å². The summed E-state index contributed by atoms with van der Waals surface area (Å²) in [7, 11) is 1.85. The molecule has 4 rings (SSSR count). The minimum absolute atomic E-state index is 0.0843. The van der Waals surface area contributed by atoms with Crippen molar-refractivity contribution in [3.63, 3.8) is 0 Å². The van der Waals surface area contributed by atoms with Crippen LogP contribution in [0.5, 0.6) is 0 Å². The van der Waals surface area contributed by atoms with Gasteiger partial charge in [0.25, 0.3) is 5.91 Å². The van der Waals surface area contributed by atoms with E-state index in [1.165, 1.54) is 12.1 Å². The number of hydrogen-bond donors (Lipinski definition) is 1. The van der Waals surface area contributed by atoms with E-state index in [4.69, 9.17) is 0 Å². The van der Waals surface area contributed by atoms with Crippen molar-refractivity contribution in [2.75, 3.05) is 11.4 Å². The van der Waals surface area contributed by atoms with Crippen LogP contribution >= 0.6 is 0 Å². The van der Waals surface area contributed by atoms with Gasteiger partial charge in [-0.1, -0.05) is 18.2 Å². The largest absolute Gasteiger partial charge is 0.346 e. The van der Waals surface area contributed by atoms with E-state index in [2.05, 4.69) is 5.32 Å². The molecule has 1 fully saturated rings. The Morgan fingerprint density at radius 1 is 1.15 bits per heavy atom. The molecule has 2 heterocycles. The van der Waals surface area contributed by atoms with E-state index < -0.39 is 0 Å². The predicted octanol–water partition coefficient (Wildman–Crippen LogP) is 2.85. The van der Waals surface area contributed by atoms with Crippen LogP contribution in [0.25, 0.3) is 10.9 Å². The summed E-state index contributed by atoms with van der Waals surface area (Å²) in [4.78, 5) is 26.5. The second-order valence-electron chi connectivity index (χ2n) is 6.50. The third kappa shape index (κ3) is 2.83. The van der Waals surface area contributed by atoms with Gasteiger partial charge >= 0.3 is 0 Å². The lowest BCUT2D eigenvalue weighted by Gasteiger charge is -2.17. The molecule has 0 radical (unpaired) electrons. The van der Waals surface area contributed by atoms with Crippen molar-refractivity contribution in [2.24, 2.45) is 7.05 Å². The monoisotopic (exact) mass is 351 g/mol. The lowest BCUT2D eigenvalue weighted by molar-refractivity contribution is -0.117. The van der Waals surface area contributed by atoms with Crippen LogP contribution < -0.4 is 10.2 Å². The lowest BCUT2D eigenvalue weighted by Crippen LogP contribution is -2.37. The van der Waals surface area contributed by atoms with Gasteiger partial charge in [0.1, 0.15) is 11.5 Å². The van der Waals surface area contributed by atoms with Crippen LogP contribution in [-0.4, -0.2) is 29.0 Å². The van der Waals surface area contributed by atoms with E-state index in [-0.39, 0.29) is 30.1 Å². The second kappa shape index (κ2) is 6.29. The molecular weight excluding hydrogens is 333 g/mol. The number of benzene rings is 2. The Labute approximate surface area is 150 Å². The van der Waals surface area contributed by atoms with Crippen molar-refractivity contribution >= 4 is 28.4 Å². The highest BCUT2D eigenvalue weighted by molar-refractivity contribution is 6.01. The summed E-state index contributed by atoms with van der Waals surface area (Å²) in [6.07, 6.45) is 0.229. The molecule has 1 saturated heterocycles. The van der Waals surface area contributed by atoms with Crippen LogP contribution in [0.1, 0.15) is 16.9 Å². The number of anilines is 1. The number of amides is 2. The number of nitrogens with one attached hydrogen (secondary N) is 1. The van der Waals surface area contributed by atoms with Gasteiger partial charge in [0.15, 0.2) is 0 Å². The number of carbonyl (C=O) groups excluding carboxylic acids is 2. The first kappa shape index (κ1) is 16.3. The molecule has 0 saturated carbocycles. The standard InChI is InChI=1S/C20H18FN3O2/c1-23-17-5-3-2-4-13(17)10-18(23)20(26)22-15-11-19(25)24(12-15)16-8-6-14(21)7-9-16/h2-10,15H,11-12H2,1H3,(H,22,26). The van der Waals surface area contributed by atoms with Crippen molar-refractivity contribution in [3.8, 4) is 0 Å². The molecule has 132 valence electrons. The van der Waals surface area contributed by atoms with Crippen LogP contribution in [0.15, 0.2) is 54.6 Å². The van der Waals surface area contributed by atoms with Gasteiger partial charge in [-0.25, -0.2) is 4.39 Å². The highest BCUT2D eigenvalue weighted by Gasteiger charge is 2.32. The molecule has 1 aliphatic rings. The van der Waals surface area contributed by atoms with E-state index in [0.29, 0.717) is 17.9 Å². The Balaban J connectivity index is 1.50. The minimum Gasteiger partial charge on any atom is -0.346 e. The van der Waals surface area contributed by atoms with Crippen molar-refractivity contribution in [2.45, 2.75) is 12.5 Å². The van der Waals surface area contributed by atoms with Gasteiger partial charge in [-0.05, 0) is 36.4 Å². The number of carbonyl (C=O) groups is 2. The van der Waals surface area contributed by atoms with Crippen molar-refractivity contribution in [3.05, 3.63) is 66.1 Å². The maximum absolute atomic E-state index is 13.1. The Morgan fingerprint density at radius 3 is 2.62 bits per heavy atom. The molecule has 1 aromatic heterocycles. The lowest BCUT2D eigenvalue weighted by atomic mass is 10.2. The zero-order valence-electron chi connectivity index (χ0n) is 14.3. The third-order valence-corrected chi connectivity index (χ3v) is 4.78. The molecule has 5 nitrogen and oxygen atoms in total. The maximum atomic E-state index is 13.1. The Hall–Kier alpha value is -3.15. The molecule has 1 N–H and O–H groups in total. The number of aromatic nitrogens is 1. The minimum atomic E-state index is -0.346. The molecule has 0 bridgehead atoms. The van der Waals surface area contributed by atoms with Gasteiger partial charge in [-0.2, -0.15) is 0 Å². The van der Waals surface area contributed by atoms with Crippen LogP contribution in [0, 0.1) is 5.82 Å². The average molecular weight is 351 g/mol. The number of rotatable bonds is 3. The average Bonchev–Trinajstić information content (AvgIpc) is 3.16. The van der Waals surface area contributed by atoms with Crippen molar-refractivity contribution in [1.29, 1.82) is 0 Å². The van der Waals surface area contributed by atoms with Crippen LogP contribution in [0.2, 0.25) is 0 Å². The number of hydrogen-bond acceptors (Lipinski definition) is 2. The van der Waals surface area contributed by atoms with Gasteiger partial charge in [0.05, 0.1) is 6.04 Å². The van der Waals surface area contributed by atoms with Gasteiger partial charge < -0.3 is 14.8 Å². The van der Waals surface area contributed by atoms with E-state index in [1.54, 1.807) is 17.0 Å². The fraction of sp³-hybridized carbons (Fsp3) is 0.200. The first-order chi connectivity index (χ1) is 12.5. The van der Waals surface area contributed by atoms with E-state index in [9.17, 15) is 14.0 Å². The number of nitrogens with zero attached hydrogens (tertiary/aromatic N) is 2. The number of aryl methyl sites for hydroxylation is 1. The summed E-state index contributed by atoms with van der Waals surface area (Å²) < 4.78 is 14.9. The predicted molar refractivity (Wildman–Crippen MR) is 97.5 cm³/mol. The molecular formula is C20H18FN3O2. The zero-order chi connectivity index (χ0) is 18.3. The number of fused-ring (bicyclic) bond motifs is 1. The van der Waals surface area contributed by atoms with E-state index >= 15 is 0 Å². The molecule has 1 unspecified atom stereocenters. The van der Waals surface area contributed by atoms with Gasteiger partial charge in [-0.3, -0.25) is 9.59 Å². The fourth-order valence-electron chi connectivity index (χ4n) is 3.44. The maximum Gasteiger partial charge on any atom is 0.268 e. The molecule has 0 spiro atoms. The molecule has 6 heteroatoms. The third-order valence-electron chi connectivity index (χ3n) is 4.78. The molecule has 0 aliphatic carbocycles. The summed E-state index contributed by atoms with van der Waals surface area (Å²) in [6.45, 7) is 0.375. The summed E-state index contributed by atoms with van der Waals surface area (Å²) in [5, 5.41) is 3.94. The highest BCUT2D eigenvalue weighted by atomic mass is 19.1. The topological polar surface area (TPSA) is 54.3 Å². The summed E-state index contributed by atoms with van der Waals surface area (Å²) in [5.41, 5.74) is 2.17. The summed E-state index contributed by atoms with van der Waals surface area (Å²) >= 11 is 0. The summed E-state index contributed by atoms with van der Waals surface area (Å²) in [6, 6.07) is 15.1. The highest BCUT2D eigenvalue weighted by Crippen LogP contribution is 2.23. The van der Waals surface area contributed by atoms with Crippen molar-refractivity contribution in [1.82, 2.24) is 9.88 Å². The Kier molecular flexibility index (Phi) is 3.95.